The van der Waals surface area contributed by atoms with Crippen LogP contribution in [-0.2, 0) is 0 Å². The molecule has 0 amide bonds. The Kier molecular flexibility index (Phi) is 1.40. The molecule has 0 bridgehead atoms. The molecule has 0 fully saturated rings. The number of hydroxylamine groups is 1. The second kappa shape index (κ2) is 2.06. The molecule has 0 aromatic carbocycles. The Labute approximate surface area is 53.4 Å². The van der Waals surface area contributed by atoms with Gasteiger partial charge in [0.25, 0.3) is 0 Å². The van der Waals surface area contributed by atoms with Crippen LogP contribution >= 0.6 is 0 Å². The maximum Gasteiger partial charge on any atom is 0.0680 e. The molecule has 0 unspecified atom stereocenters. The second-order valence-corrected chi connectivity index (χ2v) is 1.94. The number of rotatable bonds is 0. The molecule has 1 aliphatic rings. The zero-order valence-corrected chi connectivity index (χ0v) is 5.42. The fourth-order valence-electron chi connectivity index (χ4n) is 0.516. The van der Waals surface area contributed by atoms with Crippen LogP contribution in [0.5, 0.6) is 0 Å². The average Bonchev–Trinajstić information content (AvgIpc) is 1.83. The van der Waals surface area contributed by atoms with Crippen molar-refractivity contribution >= 4 is 6.21 Å². The number of hydrazine groups is 1. The minimum atomic E-state index is 0.769. The summed E-state index contributed by atoms with van der Waals surface area (Å²) >= 11 is 0. The van der Waals surface area contributed by atoms with E-state index in [0.29, 0.717) is 0 Å². The normalized spacial score (nSPS) is 18.3. The zero-order chi connectivity index (χ0) is 6.85. The van der Waals surface area contributed by atoms with Gasteiger partial charge in [0.15, 0.2) is 0 Å². The molecule has 1 heterocycles. The van der Waals surface area contributed by atoms with Crippen molar-refractivity contribution in [3.8, 4) is 0 Å². The van der Waals surface area contributed by atoms with Gasteiger partial charge in [-0.15, -0.1) is 0 Å². The molecule has 0 saturated carbocycles. The van der Waals surface area contributed by atoms with Crippen molar-refractivity contribution in [2.45, 2.75) is 13.8 Å². The van der Waals surface area contributed by atoms with Crippen molar-refractivity contribution in [2.24, 2.45) is 5.10 Å². The second-order valence-electron chi connectivity index (χ2n) is 1.94. The molecular formula is C5H9N3O. The molecule has 2 N–H and O–H groups in total. The molecule has 0 aliphatic carbocycles. The molecule has 0 aromatic heterocycles. The minimum absolute atomic E-state index is 0.769. The van der Waals surface area contributed by atoms with Gasteiger partial charge in [0.2, 0.25) is 0 Å². The van der Waals surface area contributed by atoms with Gasteiger partial charge in [-0.3, -0.25) is 5.21 Å². The van der Waals surface area contributed by atoms with Crippen LogP contribution in [0.1, 0.15) is 13.8 Å². The van der Waals surface area contributed by atoms with Crippen molar-refractivity contribution in [2.75, 3.05) is 0 Å². The summed E-state index contributed by atoms with van der Waals surface area (Å²) in [6, 6.07) is 0. The third kappa shape index (κ3) is 1.02. The van der Waals surface area contributed by atoms with E-state index < -0.39 is 0 Å². The van der Waals surface area contributed by atoms with E-state index in [0.717, 1.165) is 16.4 Å². The number of hydrogen-bond donors (Lipinski definition) is 2. The molecule has 9 heavy (non-hydrogen) atoms. The summed E-state index contributed by atoms with van der Waals surface area (Å²) in [6.07, 6.45) is 1.65. The molecule has 1 aliphatic heterocycles. The van der Waals surface area contributed by atoms with Crippen LogP contribution in [0.3, 0.4) is 0 Å². The van der Waals surface area contributed by atoms with Crippen LogP contribution in [-0.4, -0.2) is 16.6 Å². The van der Waals surface area contributed by atoms with E-state index >= 15 is 0 Å². The maximum absolute atomic E-state index is 8.90. The maximum atomic E-state index is 8.90. The van der Waals surface area contributed by atoms with Crippen molar-refractivity contribution in [3.05, 3.63) is 11.3 Å². The summed E-state index contributed by atoms with van der Waals surface area (Å²) < 4.78 is 0. The van der Waals surface area contributed by atoms with E-state index in [-0.39, 0.29) is 0 Å². The van der Waals surface area contributed by atoms with Crippen molar-refractivity contribution in [3.63, 3.8) is 0 Å². The minimum Gasteiger partial charge on any atom is -0.268 e. The number of hydrogen-bond acceptors (Lipinski definition) is 4. The third-order valence-corrected chi connectivity index (χ3v) is 1.30. The molecule has 1 rings (SSSR count). The van der Waals surface area contributed by atoms with Crippen molar-refractivity contribution < 1.29 is 5.21 Å². The number of hydrazone groups is 1. The van der Waals surface area contributed by atoms with Crippen LogP contribution in [0.2, 0.25) is 0 Å². The molecule has 0 saturated heterocycles. The van der Waals surface area contributed by atoms with E-state index in [2.05, 4.69) is 10.6 Å². The van der Waals surface area contributed by atoms with Crippen LogP contribution in [0.15, 0.2) is 16.4 Å². The lowest BCUT2D eigenvalue weighted by Crippen LogP contribution is -2.32. The van der Waals surface area contributed by atoms with E-state index in [1.165, 1.54) is 0 Å². The fraction of sp³-hybridized carbons (Fsp3) is 0.400. The predicted molar refractivity (Wildman–Crippen MR) is 33.6 cm³/mol. The van der Waals surface area contributed by atoms with Gasteiger partial charge in [-0.25, -0.2) is 0 Å². The molecule has 0 radical (unpaired) electrons. The van der Waals surface area contributed by atoms with Gasteiger partial charge < -0.3 is 0 Å². The van der Waals surface area contributed by atoms with Gasteiger partial charge in [0.05, 0.1) is 11.9 Å². The molecule has 0 spiro atoms. The van der Waals surface area contributed by atoms with E-state index in [1.54, 1.807) is 13.1 Å². The molecule has 0 atom stereocenters. The highest BCUT2D eigenvalue weighted by Crippen LogP contribution is 2.05. The lowest BCUT2D eigenvalue weighted by atomic mass is 10.2. The van der Waals surface area contributed by atoms with Gasteiger partial charge in [-0.05, 0) is 19.4 Å². The first kappa shape index (κ1) is 6.10. The van der Waals surface area contributed by atoms with Crippen LogP contribution < -0.4 is 5.53 Å². The highest BCUT2D eigenvalue weighted by Gasteiger charge is 2.05. The number of nitrogens with zero attached hydrogens (tertiary/aromatic N) is 2. The predicted octanol–water partition coefficient (Wildman–Crippen LogP) is 0.476. The first-order chi connectivity index (χ1) is 4.22. The van der Waals surface area contributed by atoms with E-state index in [4.69, 9.17) is 5.21 Å². The highest BCUT2D eigenvalue weighted by atomic mass is 16.5. The molecular weight excluding hydrogens is 118 g/mol. The molecule has 4 heteroatoms. The summed E-state index contributed by atoms with van der Waals surface area (Å²) in [4.78, 5) is 0. The Morgan fingerprint density at radius 2 is 2.33 bits per heavy atom. The smallest absolute Gasteiger partial charge is 0.0680 e. The largest absolute Gasteiger partial charge is 0.268 e. The summed E-state index contributed by atoms with van der Waals surface area (Å²) in [5.41, 5.74) is 4.09. The summed E-state index contributed by atoms with van der Waals surface area (Å²) in [7, 11) is 0. The topological polar surface area (TPSA) is 47.9 Å². The lowest BCUT2D eigenvalue weighted by molar-refractivity contribution is -0.104. The first-order valence-electron chi connectivity index (χ1n) is 2.67. The van der Waals surface area contributed by atoms with Crippen molar-refractivity contribution in [1.82, 2.24) is 10.7 Å². The SMILES string of the molecule is CC1=C(C)N(O)NN=C1. The Hall–Kier alpha value is -1.03. The molecule has 4 nitrogen and oxygen atoms in total. The van der Waals surface area contributed by atoms with Crippen molar-refractivity contribution in [1.29, 1.82) is 0 Å². The Morgan fingerprint density at radius 3 is 2.78 bits per heavy atom. The highest BCUT2D eigenvalue weighted by molar-refractivity contribution is 5.78. The summed E-state index contributed by atoms with van der Waals surface area (Å²) in [5.74, 6) is 0. The monoisotopic (exact) mass is 127 g/mol. The Morgan fingerprint density at radius 1 is 1.67 bits per heavy atom. The molecule has 0 aromatic rings. The van der Waals surface area contributed by atoms with Crippen LogP contribution in [0, 0.1) is 0 Å². The number of allylic oxidation sites excluding steroid dienone is 2. The van der Waals surface area contributed by atoms with Gasteiger partial charge in [0, 0.05) is 0 Å². The van der Waals surface area contributed by atoms with E-state index in [9.17, 15) is 0 Å². The van der Waals surface area contributed by atoms with E-state index in [1.807, 2.05) is 6.92 Å². The van der Waals surface area contributed by atoms with Gasteiger partial charge in [0.1, 0.15) is 0 Å². The summed E-state index contributed by atoms with van der Waals surface area (Å²) in [6.45, 7) is 3.68. The van der Waals surface area contributed by atoms with Crippen LogP contribution in [0.25, 0.3) is 0 Å². The Balaban J connectivity index is 2.83. The molecule has 50 valence electrons. The average molecular weight is 127 g/mol. The lowest BCUT2D eigenvalue weighted by Gasteiger charge is -2.20. The summed E-state index contributed by atoms with van der Waals surface area (Å²) in [5, 5.41) is 13.4. The fourth-order valence-corrected chi connectivity index (χ4v) is 0.516. The van der Waals surface area contributed by atoms with Gasteiger partial charge in [-0.2, -0.15) is 15.8 Å². The number of nitrogens with one attached hydrogen (secondary N) is 1. The van der Waals surface area contributed by atoms with Crippen LogP contribution in [0.4, 0.5) is 0 Å². The van der Waals surface area contributed by atoms with Gasteiger partial charge >= 0.3 is 0 Å². The third-order valence-electron chi connectivity index (χ3n) is 1.30. The Bertz CT molecular complexity index is 173. The van der Waals surface area contributed by atoms with Gasteiger partial charge in [-0.1, -0.05) is 0 Å². The standard InChI is InChI=1S/C5H9N3O/c1-4-3-6-7-8(9)5(4)2/h3,7,9H,1-2H3. The zero-order valence-electron chi connectivity index (χ0n) is 5.42. The quantitative estimate of drug-likeness (QED) is 0.497. The first-order valence-corrected chi connectivity index (χ1v) is 2.67.